The van der Waals surface area contributed by atoms with Gasteiger partial charge in [0.15, 0.2) is 5.82 Å². The van der Waals surface area contributed by atoms with E-state index in [0.29, 0.717) is 50.7 Å². The average molecular weight is 372 g/mol. The van der Waals surface area contributed by atoms with Crippen molar-refractivity contribution in [2.24, 2.45) is 0 Å². The third-order valence-corrected chi connectivity index (χ3v) is 4.66. The number of hydrogen-bond donors (Lipinski definition) is 0. The summed E-state index contributed by atoms with van der Waals surface area (Å²) >= 11 is 0. The van der Waals surface area contributed by atoms with Crippen molar-refractivity contribution in [2.75, 3.05) is 33.3 Å². The molecule has 0 spiro atoms. The Hall–Kier alpha value is -2.90. The lowest BCUT2D eigenvalue weighted by Gasteiger charge is -2.34. The third-order valence-electron chi connectivity index (χ3n) is 4.66. The number of nitrogens with zero attached hydrogens (tertiary/aromatic N) is 4. The van der Waals surface area contributed by atoms with E-state index in [2.05, 4.69) is 10.1 Å². The first-order valence-electron chi connectivity index (χ1n) is 9.03. The summed E-state index contributed by atoms with van der Waals surface area (Å²) in [5.74, 6) is 1.70. The lowest BCUT2D eigenvalue weighted by molar-refractivity contribution is -0.139. The van der Waals surface area contributed by atoms with Crippen LogP contribution in [0.3, 0.4) is 0 Å². The van der Waals surface area contributed by atoms with Crippen molar-refractivity contribution >= 4 is 11.8 Å². The fourth-order valence-corrected chi connectivity index (χ4v) is 3.17. The molecule has 1 fully saturated rings. The Morgan fingerprint density at radius 3 is 2.41 bits per heavy atom. The van der Waals surface area contributed by atoms with Gasteiger partial charge < -0.3 is 19.1 Å². The number of para-hydroxylation sites is 1. The number of piperazine rings is 1. The highest BCUT2D eigenvalue weighted by molar-refractivity contribution is 5.79. The van der Waals surface area contributed by atoms with Crippen molar-refractivity contribution < 1.29 is 18.8 Å². The summed E-state index contributed by atoms with van der Waals surface area (Å²) in [5.41, 5.74) is 1.03. The zero-order chi connectivity index (χ0) is 19.2. The number of carbonyl (C=O) groups excluding carboxylic acids is 2. The zero-order valence-corrected chi connectivity index (χ0v) is 15.7. The van der Waals surface area contributed by atoms with Crippen LogP contribution in [0, 0.1) is 6.92 Å². The predicted molar refractivity (Wildman–Crippen MR) is 97.2 cm³/mol. The number of ether oxygens (including phenoxy) is 1. The van der Waals surface area contributed by atoms with Gasteiger partial charge in [0.2, 0.25) is 17.7 Å². The largest absolute Gasteiger partial charge is 0.496 e. The van der Waals surface area contributed by atoms with Crippen LogP contribution in [0.2, 0.25) is 0 Å². The van der Waals surface area contributed by atoms with E-state index in [9.17, 15) is 9.59 Å². The van der Waals surface area contributed by atoms with E-state index in [0.717, 1.165) is 11.3 Å². The second-order valence-electron chi connectivity index (χ2n) is 6.48. The normalized spacial score (nSPS) is 14.3. The number of aryl methyl sites for hydroxylation is 2. The minimum absolute atomic E-state index is 0.0445. The standard InChI is InChI=1S/C19H24N4O4/c1-14-20-17(21-27-14)13-19(25)23-11-9-22(10-12-23)18(24)8-7-15-5-3-4-6-16(15)26-2/h3-6H,7-13H2,1-2H3. The molecule has 0 radical (unpaired) electrons. The molecular weight excluding hydrogens is 348 g/mol. The van der Waals surface area contributed by atoms with Gasteiger partial charge in [0.1, 0.15) is 5.75 Å². The molecule has 0 bridgehead atoms. The van der Waals surface area contributed by atoms with Crippen molar-refractivity contribution in [1.82, 2.24) is 19.9 Å². The van der Waals surface area contributed by atoms with Crippen LogP contribution in [0.4, 0.5) is 0 Å². The number of rotatable bonds is 6. The van der Waals surface area contributed by atoms with Gasteiger partial charge in [0, 0.05) is 39.5 Å². The van der Waals surface area contributed by atoms with E-state index in [1.54, 1.807) is 18.9 Å². The molecule has 0 unspecified atom stereocenters. The number of methoxy groups -OCH3 is 1. The summed E-state index contributed by atoms with van der Waals surface area (Å²) in [6.07, 6.45) is 1.19. The third kappa shape index (κ3) is 4.84. The molecule has 0 N–H and O–H groups in total. The van der Waals surface area contributed by atoms with Crippen LogP contribution in [0.1, 0.15) is 23.7 Å². The minimum Gasteiger partial charge on any atom is -0.496 e. The maximum absolute atomic E-state index is 12.5. The molecule has 1 aliphatic rings. The molecule has 2 heterocycles. The van der Waals surface area contributed by atoms with E-state index >= 15 is 0 Å². The molecule has 2 amide bonds. The lowest BCUT2D eigenvalue weighted by atomic mass is 10.1. The highest BCUT2D eigenvalue weighted by Gasteiger charge is 2.25. The monoisotopic (exact) mass is 372 g/mol. The van der Waals surface area contributed by atoms with Crippen LogP contribution in [0.25, 0.3) is 0 Å². The van der Waals surface area contributed by atoms with E-state index in [-0.39, 0.29) is 18.2 Å². The fourth-order valence-electron chi connectivity index (χ4n) is 3.17. The first kappa shape index (κ1) is 18.9. The Balaban J connectivity index is 1.45. The topological polar surface area (TPSA) is 88.8 Å². The molecule has 3 rings (SSSR count). The molecule has 1 aliphatic heterocycles. The zero-order valence-electron chi connectivity index (χ0n) is 15.7. The molecule has 1 saturated heterocycles. The first-order chi connectivity index (χ1) is 13.1. The van der Waals surface area contributed by atoms with Gasteiger partial charge >= 0.3 is 0 Å². The molecule has 1 aromatic heterocycles. The second-order valence-corrected chi connectivity index (χ2v) is 6.48. The van der Waals surface area contributed by atoms with Crippen LogP contribution in [-0.2, 0) is 22.4 Å². The van der Waals surface area contributed by atoms with Crippen molar-refractivity contribution in [3.8, 4) is 5.75 Å². The van der Waals surface area contributed by atoms with Crippen LogP contribution in [0.5, 0.6) is 5.75 Å². The molecule has 27 heavy (non-hydrogen) atoms. The number of hydrogen-bond acceptors (Lipinski definition) is 6. The number of carbonyl (C=O) groups is 2. The summed E-state index contributed by atoms with van der Waals surface area (Å²) < 4.78 is 10.2. The van der Waals surface area contributed by atoms with E-state index < -0.39 is 0 Å². The molecular formula is C19H24N4O4. The first-order valence-corrected chi connectivity index (χ1v) is 9.03. The Kier molecular flexibility index (Phi) is 6.05. The van der Waals surface area contributed by atoms with Crippen molar-refractivity contribution in [3.63, 3.8) is 0 Å². The quantitative estimate of drug-likeness (QED) is 0.758. The van der Waals surface area contributed by atoms with Crippen LogP contribution in [0.15, 0.2) is 28.8 Å². The van der Waals surface area contributed by atoms with Gasteiger partial charge in [-0.2, -0.15) is 4.98 Å². The van der Waals surface area contributed by atoms with E-state index in [1.807, 2.05) is 29.2 Å². The molecule has 8 heteroatoms. The summed E-state index contributed by atoms with van der Waals surface area (Å²) in [6, 6.07) is 7.73. The number of amides is 2. The molecule has 0 atom stereocenters. The smallest absolute Gasteiger partial charge is 0.230 e. The van der Waals surface area contributed by atoms with Gasteiger partial charge in [-0.05, 0) is 18.1 Å². The molecule has 1 aromatic carbocycles. The number of aromatic nitrogens is 2. The van der Waals surface area contributed by atoms with Gasteiger partial charge in [-0.3, -0.25) is 9.59 Å². The highest BCUT2D eigenvalue weighted by Crippen LogP contribution is 2.19. The maximum Gasteiger partial charge on any atom is 0.230 e. The Bertz CT molecular complexity index is 797. The SMILES string of the molecule is COc1ccccc1CCC(=O)N1CCN(C(=O)Cc2noc(C)n2)CC1. The van der Waals surface area contributed by atoms with Gasteiger partial charge in [-0.25, -0.2) is 0 Å². The molecule has 8 nitrogen and oxygen atoms in total. The number of benzene rings is 1. The van der Waals surface area contributed by atoms with E-state index in [4.69, 9.17) is 9.26 Å². The minimum atomic E-state index is -0.0445. The van der Waals surface area contributed by atoms with E-state index in [1.165, 1.54) is 0 Å². The molecule has 0 saturated carbocycles. The van der Waals surface area contributed by atoms with Crippen molar-refractivity contribution in [3.05, 3.63) is 41.5 Å². The average Bonchev–Trinajstić information content (AvgIpc) is 3.11. The Labute approximate surface area is 158 Å². The second kappa shape index (κ2) is 8.66. The summed E-state index contributed by atoms with van der Waals surface area (Å²) in [7, 11) is 1.63. The van der Waals surface area contributed by atoms with Crippen LogP contribution in [-0.4, -0.2) is 65.0 Å². The van der Waals surface area contributed by atoms with Gasteiger partial charge in [0.05, 0.1) is 13.5 Å². The Morgan fingerprint density at radius 1 is 1.11 bits per heavy atom. The summed E-state index contributed by atoms with van der Waals surface area (Å²) in [6.45, 7) is 3.83. The maximum atomic E-state index is 12.5. The van der Waals surface area contributed by atoms with Crippen LogP contribution >= 0.6 is 0 Å². The summed E-state index contributed by atoms with van der Waals surface area (Å²) in [5, 5.41) is 3.75. The predicted octanol–water partition coefficient (Wildman–Crippen LogP) is 1.23. The fraction of sp³-hybridized carbons (Fsp3) is 0.474. The van der Waals surface area contributed by atoms with Crippen molar-refractivity contribution in [2.45, 2.75) is 26.2 Å². The van der Waals surface area contributed by atoms with Crippen LogP contribution < -0.4 is 4.74 Å². The van der Waals surface area contributed by atoms with Gasteiger partial charge in [0.25, 0.3) is 0 Å². The highest BCUT2D eigenvalue weighted by atomic mass is 16.5. The van der Waals surface area contributed by atoms with Gasteiger partial charge in [-0.15, -0.1) is 0 Å². The summed E-state index contributed by atoms with van der Waals surface area (Å²) in [4.78, 5) is 32.4. The van der Waals surface area contributed by atoms with Gasteiger partial charge in [-0.1, -0.05) is 23.4 Å². The lowest BCUT2D eigenvalue weighted by Crippen LogP contribution is -2.51. The van der Waals surface area contributed by atoms with Crippen molar-refractivity contribution in [1.29, 1.82) is 0 Å². The molecule has 0 aliphatic carbocycles. The Morgan fingerprint density at radius 2 is 1.78 bits per heavy atom. The molecule has 144 valence electrons. The molecule has 2 aromatic rings.